The Bertz CT molecular complexity index is 864. The van der Waals surface area contributed by atoms with Gasteiger partial charge in [0.1, 0.15) is 0 Å². The van der Waals surface area contributed by atoms with Gasteiger partial charge in [0.05, 0.1) is 11.4 Å². The third-order valence-corrected chi connectivity index (χ3v) is 3.77. The van der Waals surface area contributed by atoms with Crippen LogP contribution in [0.15, 0.2) is 58.7 Å². The van der Waals surface area contributed by atoms with E-state index in [9.17, 15) is 4.79 Å². The molecule has 2 aromatic heterocycles. The summed E-state index contributed by atoms with van der Waals surface area (Å²) in [5.74, 6) is 0. The SMILES string of the molecule is CSc1nccc(-c2nn(-c3ccc(Cl)cc3)ccc2=O)n1. The van der Waals surface area contributed by atoms with Crippen molar-refractivity contribution in [3.05, 3.63) is 64.0 Å². The highest BCUT2D eigenvalue weighted by molar-refractivity contribution is 7.98. The van der Waals surface area contributed by atoms with Gasteiger partial charge in [-0.25, -0.2) is 14.6 Å². The fourth-order valence-corrected chi connectivity index (χ4v) is 2.38. The maximum atomic E-state index is 12.1. The summed E-state index contributed by atoms with van der Waals surface area (Å²) in [7, 11) is 0. The molecular weight excluding hydrogens is 320 g/mol. The lowest BCUT2D eigenvalue weighted by molar-refractivity contribution is 0.835. The van der Waals surface area contributed by atoms with Crippen LogP contribution in [0.1, 0.15) is 0 Å². The number of halogens is 1. The van der Waals surface area contributed by atoms with Crippen molar-refractivity contribution in [1.82, 2.24) is 19.7 Å². The predicted octanol–water partition coefficient (Wildman–Crippen LogP) is 3.06. The third kappa shape index (κ3) is 3.03. The lowest BCUT2D eigenvalue weighted by atomic mass is 10.2. The van der Waals surface area contributed by atoms with E-state index in [1.165, 1.54) is 17.8 Å². The third-order valence-electron chi connectivity index (χ3n) is 2.96. The van der Waals surface area contributed by atoms with Gasteiger partial charge < -0.3 is 0 Å². The molecule has 0 unspecified atom stereocenters. The Hall–Kier alpha value is -2.18. The van der Waals surface area contributed by atoms with Crippen LogP contribution in [0.4, 0.5) is 0 Å². The van der Waals surface area contributed by atoms with Crippen molar-refractivity contribution in [1.29, 1.82) is 0 Å². The number of aromatic nitrogens is 4. The smallest absolute Gasteiger partial charge is 0.209 e. The van der Waals surface area contributed by atoms with Crippen molar-refractivity contribution >= 4 is 23.4 Å². The van der Waals surface area contributed by atoms with Crippen LogP contribution in [-0.4, -0.2) is 26.0 Å². The van der Waals surface area contributed by atoms with Gasteiger partial charge in [0.25, 0.3) is 0 Å². The molecule has 0 saturated heterocycles. The van der Waals surface area contributed by atoms with Crippen LogP contribution in [0.3, 0.4) is 0 Å². The normalized spacial score (nSPS) is 10.6. The monoisotopic (exact) mass is 330 g/mol. The summed E-state index contributed by atoms with van der Waals surface area (Å²) in [5.41, 5.74) is 1.42. The van der Waals surface area contributed by atoms with Gasteiger partial charge in [-0.05, 0) is 36.6 Å². The van der Waals surface area contributed by atoms with E-state index in [-0.39, 0.29) is 11.1 Å². The van der Waals surface area contributed by atoms with Crippen LogP contribution in [0.5, 0.6) is 0 Å². The van der Waals surface area contributed by atoms with Crippen molar-refractivity contribution in [2.75, 3.05) is 6.26 Å². The van der Waals surface area contributed by atoms with Gasteiger partial charge in [-0.15, -0.1) is 0 Å². The molecule has 3 aromatic rings. The molecule has 0 spiro atoms. The first-order valence-electron chi connectivity index (χ1n) is 6.41. The van der Waals surface area contributed by atoms with E-state index in [4.69, 9.17) is 11.6 Å². The number of thioether (sulfide) groups is 1. The number of hydrogen-bond donors (Lipinski definition) is 0. The number of benzene rings is 1. The highest BCUT2D eigenvalue weighted by Crippen LogP contribution is 2.16. The van der Waals surface area contributed by atoms with Crippen molar-refractivity contribution in [3.63, 3.8) is 0 Å². The zero-order chi connectivity index (χ0) is 15.5. The zero-order valence-corrected chi connectivity index (χ0v) is 13.2. The number of nitrogens with zero attached hydrogens (tertiary/aromatic N) is 4. The molecule has 2 heterocycles. The van der Waals surface area contributed by atoms with Gasteiger partial charge in [-0.1, -0.05) is 23.4 Å². The number of rotatable bonds is 3. The summed E-state index contributed by atoms with van der Waals surface area (Å²) >= 11 is 7.30. The second-order valence-corrected chi connectivity index (χ2v) is 5.59. The molecule has 0 atom stereocenters. The molecule has 110 valence electrons. The standard InChI is InChI=1S/C15H11ClN4OS/c1-22-15-17-8-6-12(18-15)14-13(21)7-9-20(19-14)11-4-2-10(16)3-5-11/h2-9H,1H3. The average Bonchev–Trinajstić information content (AvgIpc) is 2.56. The second-order valence-electron chi connectivity index (χ2n) is 4.38. The van der Waals surface area contributed by atoms with Gasteiger partial charge in [0.15, 0.2) is 10.9 Å². The van der Waals surface area contributed by atoms with Gasteiger partial charge >= 0.3 is 0 Å². The summed E-state index contributed by atoms with van der Waals surface area (Å²) in [6.45, 7) is 0. The molecule has 1 aromatic carbocycles. The first-order valence-corrected chi connectivity index (χ1v) is 8.01. The van der Waals surface area contributed by atoms with E-state index in [1.807, 2.05) is 18.4 Å². The molecule has 0 aliphatic heterocycles. The van der Waals surface area contributed by atoms with Gasteiger partial charge in [0.2, 0.25) is 5.43 Å². The first-order chi connectivity index (χ1) is 10.7. The first kappa shape index (κ1) is 14.7. The summed E-state index contributed by atoms with van der Waals surface area (Å²) < 4.78 is 1.62. The molecule has 0 aliphatic rings. The molecule has 22 heavy (non-hydrogen) atoms. The van der Waals surface area contributed by atoms with Gasteiger partial charge in [-0.2, -0.15) is 5.10 Å². The maximum absolute atomic E-state index is 12.1. The summed E-state index contributed by atoms with van der Waals surface area (Å²) in [4.78, 5) is 20.5. The quantitative estimate of drug-likeness (QED) is 0.545. The van der Waals surface area contributed by atoms with Crippen LogP contribution < -0.4 is 5.43 Å². The minimum atomic E-state index is -0.184. The molecule has 0 saturated carbocycles. The van der Waals surface area contributed by atoms with E-state index in [0.29, 0.717) is 15.9 Å². The van der Waals surface area contributed by atoms with Crippen molar-refractivity contribution in [3.8, 4) is 17.1 Å². The highest BCUT2D eigenvalue weighted by Gasteiger charge is 2.09. The predicted molar refractivity (Wildman–Crippen MR) is 87.7 cm³/mol. The Morgan fingerprint density at radius 1 is 1.14 bits per heavy atom. The Labute approximate surface area is 136 Å². The molecule has 0 bridgehead atoms. The van der Waals surface area contributed by atoms with Gasteiger partial charge in [0, 0.05) is 23.5 Å². The van der Waals surface area contributed by atoms with Crippen LogP contribution in [0, 0.1) is 0 Å². The summed E-state index contributed by atoms with van der Waals surface area (Å²) in [6.07, 6.45) is 5.12. The Morgan fingerprint density at radius 3 is 2.64 bits per heavy atom. The van der Waals surface area contributed by atoms with Crippen LogP contribution in [-0.2, 0) is 0 Å². The average molecular weight is 331 g/mol. The van der Waals surface area contributed by atoms with Crippen molar-refractivity contribution in [2.45, 2.75) is 5.16 Å². The van der Waals surface area contributed by atoms with E-state index in [0.717, 1.165) is 5.69 Å². The van der Waals surface area contributed by atoms with E-state index in [1.54, 1.807) is 35.3 Å². The van der Waals surface area contributed by atoms with E-state index in [2.05, 4.69) is 15.1 Å². The molecule has 5 nitrogen and oxygen atoms in total. The lowest BCUT2D eigenvalue weighted by Crippen LogP contribution is -2.13. The van der Waals surface area contributed by atoms with E-state index < -0.39 is 0 Å². The molecule has 0 aliphatic carbocycles. The molecule has 0 amide bonds. The number of hydrogen-bond acceptors (Lipinski definition) is 5. The fourth-order valence-electron chi connectivity index (χ4n) is 1.89. The molecule has 3 rings (SSSR count). The Morgan fingerprint density at radius 2 is 1.91 bits per heavy atom. The minimum absolute atomic E-state index is 0.184. The second kappa shape index (κ2) is 6.29. The van der Waals surface area contributed by atoms with E-state index >= 15 is 0 Å². The summed E-state index contributed by atoms with van der Waals surface area (Å²) in [5, 5.41) is 5.62. The van der Waals surface area contributed by atoms with Crippen molar-refractivity contribution < 1.29 is 0 Å². The Balaban J connectivity index is 2.10. The minimum Gasteiger partial charge on any atom is -0.287 e. The molecule has 0 fully saturated rings. The Kier molecular flexibility index (Phi) is 4.22. The van der Waals surface area contributed by atoms with Crippen LogP contribution >= 0.6 is 23.4 Å². The molecule has 0 radical (unpaired) electrons. The lowest BCUT2D eigenvalue weighted by Gasteiger charge is -2.07. The molecule has 7 heteroatoms. The van der Waals surface area contributed by atoms with Gasteiger partial charge in [-0.3, -0.25) is 4.79 Å². The van der Waals surface area contributed by atoms with Crippen LogP contribution in [0.2, 0.25) is 5.02 Å². The van der Waals surface area contributed by atoms with Crippen LogP contribution in [0.25, 0.3) is 17.1 Å². The van der Waals surface area contributed by atoms with Crippen molar-refractivity contribution in [2.24, 2.45) is 0 Å². The molecule has 0 N–H and O–H groups in total. The fraction of sp³-hybridized carbons (Fsp3) is 0.0667. The summed E-state index contributed by atoms with van der Waals surface area (Å²) in [6, 6.07) is 10.3. The molecular formula is C15H11ClN4OS. The topological polar surface area (TPSA) is 60.7 Å². The largest absolute Gasteiger partial charge is 0.287 e. The maximum Gasteiger partial charge on any atom is 0.209 e. The highest BCUT2D eigenvalue weighted by atomic mass is 35.5. The zero-order valence-electron chi connectivity index (χ0n) is 11.6.